The lowest BCUT2D eigenvalue weighted by Gasteiger charge is -2.27. The molecule has 0 radical (unpaired) electrons. The van der Waals surface area contributed by atoms with Crippen LogP contribution in [0.3, 0.4) is 0 Å². The molecule has 1 N–H and O–H groups in total. The number of hydrogen-bond donors (Lipinski definition) is 1. The number of halogens is 1. The van der Waals surface area contributed by atoms with Gasteiger partial charge in [0.25, 0.3) is 11.6 Å². The van der Waals surface area contributed by atoms with E-state index < -0.39 is 16.1 Å². The molecule has 0 saturated carbocycles. The van der Waals surface area contributed by atoms with Crippen molar-refractivity contribution in [2.24, 2.45) is 4.99 Å². The Labute approximate surface area is 157 Å². The molecule has 1 aromatic rings. The van der Waals surface area contributed by atoms with E-state index in [-0.39, 0.29) is 28.7 Å². The Balaban J connectivity index is 1.60. The van der Waals surface area contributed by atoms with Crippen LogP contribution in [-0.2, 0) is 14.3 Å². The number of aliphatic imine (C=N–C) groups is 1. The van der Waals surface area contributed by atoms with Crippen LogP contribution in [0.1, 0.15) is 6.42 Å². The minimum absolute atomic E-state index is 0.0974. The lowest BCUT2D eigenvalue weighted by atomic mass is 10.2. The Morgan fingerprint density at radius 1 is 1.46 bits per heavy atom. The van der Waals surface area contributed by atoms with Crippen LogP contribution in [0, 0.1) is 10.1 Å². The van der Waals surface area contributed by atoms with Crippen LogP contribution >= 0.6 is 23.4 Å². The Hall–Kier alpha value is -2.17. The van der Waals surface area contributed by atoms with Crippen molar-refractivity contribution < 1.29 is 19.2 Å². The number of amidine groups is 1. The second-order valence-corrected chi connectivity index (χ2v) is 7.19. The van der Waals surface area contributed by atoms with Gasteiger partial charge in [0.2, 0.25) is 5.91 Å². The highest BCUT2D eigenvalue weighted by Gasteiger charge is 2.33. The number of ether oxygens (including phenoxy) is 1. The summed E-state index contributed by atoms with van der Waals surface area (Å²) in [5.41, 5.74) is -0.0513. The van der Waals surface area contributed by atoms with Crippen molar-refractivity contribution >= 4 is 51.7 Å². The monoisotopic (exact) mass is 398 g/mol. The average Bonchev–Trinajstić information content (AvgIpc) is 2.98. The molecule has 1 fully saturated rings. The maximum Gasteiger partial charge on any atom is 0.271 e. The zero-order valence-electron chi connectivity index (χ0n) is 13.5. The third-order valence-corrected chi connectivity index (χ3v) is 5.36. The molecule has 2 heterocycles. The Morgan fingerprint density at radius 3 is 2.88 bits per heavy atom. The number of nitro groups is 1. The maximum atomic E-state index is 12.2. The molecule has 138 valence electrons. The second-order valence-electron chi connectivity index (χ2n) is 5.61. The van der Waals surface area contributed by atoms with Crippen LogP contribution in [0.15, 0.2) is 23.2 Å². The van der Waals surface area contributed by atoms with Crippen molar-refractivity contribution in [1.29, 1.82) is 0 Å². The lowest BCUT2D eigenvalue weighted by molar-refractivity contribution is -0.384. The number of nitro benzene ring substituents is 1. The van der Waals surface area contributed by atoms with Crippen LogP contribution in [0.5, 0.6) is 0 Å². The van der Waals surface area contributed by atoms with Gasteiger partial charge in [-0.05, 0) is 6.07 Å². The van der Waals surface area contributed by atoms with Crippen molar-refractivity contribution in [3.8, 4) is 0 Å². The molecule has 1 aromatic carbocycles. The number of amides is 2. The predicted molar refractivity (Wildman–Crippen MR) is 97.6 cm³/mol. The molecule has 0 aromatic heterocycles. The van der Waals surface area contributed by atoms with E-state index in [9.17, 15) is 19.7 Å². The van der Waals surface area contributed by atoms with Gasteiger partial charge in [-0.1, -0.05) is 23.4 Å². The van der Waals surface area contributed by atoms with Crippen LogP contribution in [-0.4, -0.2) is 58.4 Å². The molecule has 0 unspecified atom stereocenters. The first-order chi connectivity index (χ1) is 12.4. The van der Waals surface area contributed by atoms with Gasteiger partial charge in [-0.25, -0.2) is 0 Å². The minimum Gasteiger partial charge on any atom is -0.378 e. The first-order valence-corrected chi connectivity index (χ1v) is 9.05. The fraction of sp³-hybridized carbons (Fsp3) is 0.400. The SMILES string of the molecule is O=C(C[C@H]1SC(N2CCOCC2)=NC1=O)Nc1cc([N+](=O)[O-])ccc1Cl. The number of carbonyl (C=O) groups is 2. The van der Waals surface area contributed by atoms with E-state index >= 15 is 0 Å². The highest BCUT2D eigenvalue weighted by molar-refractivity contribution is 8.15. The fourth-order valence-electron chi connectivity index (χ4n) is 2.49. The second kappa shape index (κ2) is 8.02. The smallest absolute Gasteiger partial charge is 0.271 e. The van der Waals surface area contributed by atoms with E-state index in [2.05, 4.69) is 10.3 Å². The highest BCUT2D eigenvalue weighted by Crippen LogP contribution is 2.30. The Morgan fingerprint density at radius 2 is 2.19 bits per heavy atom. The Bertz CT molecular complexity index is 781. The van der Waals surface area contributed by atoms with E-state index in [1.54, 1.807) is 0 Å². The largest absolute Gasteiger partial charge is 0.378 e. The Kier molecular flexibility index (Phi) is 5.74. The van der Waals surface area contributed by atoms with E-state index in [0.717, 1.165) is 0 Å². The number of carbonyl (C=O) groups excluding carboxylic acids is 2. The van der Waals surface area contributed by atoms with Gasteiger partial charge in [-0.3, -0.25) is 19.7 Å². The molecule has 3 rings (SSSR count). The van der Waals surface area contributed by atoms with E-state index in [1.807, 2.05) is 4.90 Å². The van der Waals surface area contributed by atoms with Crippen LogP contribution in [0.4, 0.5) is 11.4 Å². The maximum absolute atomic E-state index is 12.2. The molecular formula is C15H15ClN4O5S. The molecule has 26 heavy (non-hydrogen) atoms. The third-order valence-electron chi connectivity index (χ3n) is 3.82. The molecular weight excluding hydrogens is 384 g/mol. The standard InChI is InChI=1S/C15H15ClN4O5S/c16-10-2-1-9(20(23)24)7-11(10)17-13(21)8-12-14(22)18-15(26-12)19-3-5-25-6-4-19/h1-2,7,12H,3-6,8H2,(H,17,21)/t12-/m1/s1. The summed E-state index contributed by atoms with van der Waals surface area (Å²) in [5.74, 6) is -0.826. The lowest BCUT2D eigenvalue weighted by Crippen LogP contribution is -2.39. The summed E-state index contributed by atoms with van der Waals surface area (Å²) in [4.78, 5) is 40.5. The van der Waals surface area contributed by atoms with Gasteiger partial charge in [0.05, 0.1) is 28.8 Å². The number of hydrogen-bond acceptors (Lipinski definition) is 7. The summed E-state index contributed by atoms with van der Waals surface area (Å²) in [6.45, 7) is 2.46. The fourth-order valence-corrected chi connectivity index (χ4v) is 3.77. The molecule has 11 heteroatoms. The first-order valence-electron chi connectivity index (χ1n) is 7.79. The van der Waals surface area contributed by atoms with Gasteiger partial charge >= 0.3 is 0 Å². The van der Waals surface area contributed by atoms with Crippen molar-refractivity contribution in [1.82, 2.24) is 4.90 Å². The predicted octanol–water partition coefficient (Wildman–Crippen LogP) is 1.91. The van der Waals surface area contributed by atoms with Gasteiger partial charge in [0.15, 0.2) is 5.17 Å². The van der Waals surface area contributed by atoms with Crippen molar-refractivity contribution in [2.75, 3.05) is 31.6 Å². The molecule has 0 spiro atoms. The molecule has 1 saturated heterocycles. The normalized spacial score (nSPS) is 20.0. The molecule has 2 aliphatic rings. The summed E-state index contributed by atoms with van der Waals surface area (Å²) >= 11 is 7.21. The van der Waals surface area contributed by atoms with Crippen molar-refractivity contribution in [2.45, 2.75) is 11.7 Å². The van der Waals surface area contributed by atoms with Gasteiger partial charge < -0.3 is 15.0 Å². The topological polar surface area (TPSA) is 114 Å². The number of anilines is 1. The number of nitrogens with one attached hydrogen (secondary N) is 1. The van der Waals surface area contributed by atoms with Crippen LogP contribution in [0.25, 0.3) is 0 Å². The van der Waals surface area contributed by atoms with Crippen molar-refractivity contribution in [3.63, 3.8) is 0 Å². The summed E-state index contributed by atoms with van der Waals surface area (Å²) in [6.07, 6.45) is -0.0974. The first kappa shape index (κ1) is 18.6. The van der Waals surface area contributed by atoms with Crippen molar-refractivity contribution in [3.05, 3.63) is 33.3 Å². The van der Waals surface area contributed by atoms with Gasteiger partial charge in [0, 0.05) is 31.6 Å². The van der Waals surface area contributed by atoms with E-state index in [0.29, 0.717) is 31.5 Å². The summed E-state index contributed by atoms with van der Waals surface area (Å²) in [6, 6.07) is 3.76. The number of non-ortho nitro benzene ring substituents is 1. The quantitative estimate of drug-likeness (QED) is 0.608. The number of nitrogens with zero attached hydrogens (tertiary/aromatic N) is 3. The van der Waals surface area contributed by atoms with E-state index in [4.69, 9.17) is 16.3 Å². The molecule has 9 nitrogen and oxygen atoms in total. The third kappa shape index (κ3) is 4.32. The minimum atomic E-state index is -0.620. The average molecular weight is 399 g/mol. The summed E-state index contributed by atoms with van der Waals surface area (Å²) in [7, 11) is 0. The molecule has 0 aliphatic carbocycles. The number of morpholine rings is 1. The molecule has 2 aliphatic heterocycles. The van der Waals surface area contributed by atoms with Gasteiger partial charge in [-0.15, -0.1) is 0 Å². The van der Waals surface area contributed by atoms with Gasteiger partial charge in [0.1, 0.15) is 5.25 Å². The summed E-state index contributed by atoms with van der Waals surface area (Å²) in [5, 5.41) is 13.5. The van der Waals surface area contributed by atoms with E-state index in [1.165, 1.54) is 30.0 Å². The number of rotatable bonds is 4. The highest BCUT2D eigenvalue weighted by atomic mass is 35.5. The number of thioether (sulfide) groups is 1. The number of benzene rings is 1. The zero-order valence-corrected chi connectivity index (χ0v) is 15.1. The van der Waals surface area contributed by atoms with Crippen LogP contribution in [0.2, 0.25) is 5.02 Å². The molecule has 1 atom stereocenters. The zero-order chi connectivity index (χ0) is 18.7. The van der Waals surface area contributed by atoms with Crippen LogP contribution < -0.4 is 5.32 Å². The molecule has 0 bridgehead atoms. The summed E-state index contributed by atoms with van der Waals surface area (Å²) < 4.78 is 5.27. The van der Waals surface area contributed by atoms with Gasteiger partial charge in [-0.2, -0.15) is 4.99 Å². The molecule has 2 amide bonds.